The number of nitrogens with zero attached hydrogens (tertiary/aromatic N) is 4. The zero-order valence-electron chi connectivity index (χ0n) is 19.7. The molecule has 4 aromatic rings. The molecule has 8 heteroatoms. The van der Waals surface area contributed by atoms with Crippen LogP contribution in [0.15, 0.2) is 61.1 Å². The molecule has 0 aliphatic carbocycles. The lowest BCUT2D eigenvalue weighted by molar-refractivity contribution is 0.0626. The van der Waals surface area contributed by atoms with Crippen LogP contribution in [0.5, 0.6) is 5.75 Å². The summed E-state index contributed by atoms with van der Waals surface area (Å²) in [5.74, 6) is 0.775. The Kier molecular flexibility index (Phi) is 6.17. The first-order valence-corrected chi connectivity index (χ1v) is 11.6. The highest BCUT2D eigenvalue weighted by molar-refractivity contribution is 5.96. The van der Waals surface area contributed by atoms with Crippen LogP contribution in [-0.2, 0) is 0 Å². The number of aromatic nitrogens is 3. The van der Waals surface area contributed by atoms with Crippen LogP contribution in [0.4, 0.5) is 0 Å². The summed E-state index contributed by atoms with van der Waals surface area (Å²) in [5.41, 5.74) is 4.68. The van der Waals surface area contributed by atoms with Gasteiger partial charge in [-0.25, -0.2) is 0 Å². The lowest BCUT2D eigenvalue weighted by Crippen LogP contribution is -2.50. The van der Waals surface area contributed by atoms with E-state index in [0.717, 1.165) is 40.7 Å². The summed E-state index contributed by atoms with van der Waals surface area (Å²) in [5, 5.41) is 20.8. The van der Waals surface area contributed by atoms with E-state index in [1.165, 1.54) is 0 Å². The zero-order valence-corrected chi connectivity index (χ0v) is 19.7. The molecule has 2 N–H and O–H groups in total. The van der Waals surface area contributed by atoms with Gasteiger partial charge < -0.3 is 15.0 Å². The molecule has 0 saturated carbocycles. The van der Waals surface area contributed by atoms with Crippen molar-refractivity contribution in [1.82, 2.24) is 25.4 Å². The highest BCUT2D eigenvalue weighted by atomic mass is 16.5. The van der Waals surface area contributed by atoms with Crippen molar-refractivity contribution in [2.24, 2.45) is 5.92 Å². The summed E-state index contributed by atoms with van der Waals surface area (Å²) in [6, 6.07) is 14.9. The average Bonchev–Trinajstić information content (AvgIpc) is 3.35. The molecule has 3 heterocycles. The topological polar surface area (TPSA) is 107 Å². The van der Waals surface area contributed by atoms with Crippen LogP contribution < -0.4 is 10.1 Å². The molecule has 176 valence electrons. The van der Waals surface area contributed by atoms with Gasteiger partial charge in [0.1, 0.15) is 5.75 Å². The van der Waals surface area contributed by atoms with E-state index in [0.29, 0.717) is 23.5 Å². The number of carbonyl (C=O) groups excluding carboxylic acids is 1. The Morgan fingerprint density at radius 1 is 1.23 bits per heavy atom. The monoisotopic (exact) mass is 466 g/mol. The van der Waals surface area contributed by atoms with Crippen LogP contribution in [0.25, 0.3) is 22.0 Å². The molecule has 0 spiro atoms. The Morgan fingerprint density at radius 3 is 2.83 bits per heavy atom. The van der Waals surface area contributed by atoms with E-state index >= 15 is 0 Å². The van der Waals surface area contributed by atoms with Crippen LogP contribution in [0.3, 0.4) is 0 Å². The first-order chi connectivity index (χ1) is 17.1. The number of fused-ring (bicyclic) bond motifs is 1. The number of nitriles is 1. The summed E-state index contributed by atoms with van der Waals surface area (Å²) < 4.78 is 5.92. The number of carbonyl (C=O) groups is 1. The Morgan fingerprint density at radius 2 is 2.09 bits per heavy atom. The molecule has 0 radical (unpaired) electrons. The van der Waals surface area contributed by atoms with E-state index in [2.05, 4.69) is 26.6 Å². The highest BCUT2D eigenvalue weighted by Gasteiger charge is 2.35. The molecular formula is C27H26N6O2. The summed E-state index contributed by atoms with van der Waals surface area (Å²) in [7, 11) is 1.84. The Bertz CT molecular complexity index is 1420. The van der Waals surface area contributed by atoms with Gasteiger partial charge in [0.15, 0.2) is 0 Å². The van der Waals surface area contributed by atoms with Gasteiger partial charge in [0.2, 0.25) is 0 Å². The fraction of sp³-hybridized carbons (Fsp3) is 0.259. The maximum absolute atomic E-state index is 13.7. The summed E-state index contributed by atoms with van der Waals surface area (Å²) >= 11 is 0. The molecule has 1 amide bonds. The standard InChI is InChI=1S/C27H26N6O2/c1-3-35-24-10-19(7-8-22(24)18-6-4-5-17(9-18)11-28)27(34)33(2)26(21-13-29-14-21)23-16-30-12-20-15-31-32-25(20)23/h4-10,12,15-16,21,26,29H,3,13-14H2,1-2H3,(H,31,32)/t26-/m1/s1. The van der Waals surface area contributed by atoms with Crippen LogP contribution in [0.1, 0.15) is 34.5 Å². The van der Waals surface area contributed by atoms with Gasteiger partial charge in [0.25, 0.3) is 5.91 Å². The van der Waals surface area contributed by atoms with Crippen LogP contribution in [0, 0.1) is 17.2 Å². The van der Waals surface area contributed by atoms with E-state index < -0.39 is 0 Å². The minimum absolute atomic E-state index is 0.100. The average molecular weight is 467 g/mol. The van der Waals surface area contributed by atoms with Gasteiger partial charge in [-0.2, -0.15) is 10.4 Å². The first-order valence-electron chi connectivity index (χ1n) is 11.6. The van der Waals surface area contributed by atoms with E-state index in [4.69, 9.17) is 4.74 Å². The summed E-state index contributed by atoms with van der Waals surface area (Å²) in [4.78, 5) is 19.9. The van der Waals surface area contributed by atoms with Crippen LogP contribution >= 0.6 is 0 Å². The van der Waals surface area contributed by atoms with Gasteiger partial charge in [-0.3, -0.25) is 14.9 Å². The normalized spacial score (nSPS) is 14.2. The minimum atomic E-state index is -0.164. The maximum atomic E-state index is 13.7. The summed E-state index contributed by atoms with van der Waals surface area (Å²) in [6.45, 7) is 4.02. The molecule has 1 aliphatic rings. The minimum Gasteiger partial charge on any atom is -0.493 e. The van der Waals surface area contributed by atoms with Gasteiger partial charge in [0.05, 0.1) is 36.0 Å². The van der Waals surface area contributed by atoms with Crippen LogP contribution in [-0.4, -0.2) is 52.7 Å². The fourth-order valence-electron chi connectivity index (χ4n) is 4.68. The fourth-order valence-corrected chi connectivity index (χ4v) is 4.68. The van der Waals surface area contributed by atoms with E-state index in [9.17, 15) is 10.1 Å². The van der Waals surface area contributed by atoms with Crippen molar-refractivity contribution in [3.05, 3.63) is 77.7 Å². The third-order valence-electron chi connectivity index (χ3n) is 6.53. The second-order valence-electron chi connectivity index (χ2n) is 8.68. The number of hydrogen-bond donors (Lipinski definition) is 2. The van der Waals surface area contributed by atoms with Crippen molar-refractivity contribution in [3.8, 4) is 22.9 Å². The predicted molar refractivity (Wildman–Crippen MR) is 133 cm³/mol. The number of aromatic amines is 1. The molecule has 2 aromatic heterocycles. The first kappa shape index (κ1) is 22.6. The molecule has 35 heavy (non-hydrogen) atoms. The second kappa shape index (κ2) is 9.57. The Hall–Kier alpha value is -4.22. The molecule has 1 saturated heterocycles. The molecular weight excluding hydrogens is 440 g/mol. The number of rotatable bonds is 7. The highest BCUT2D eigenvalue weighted by Crippen LogP contribution is 2.36. The van der Waals surface area contributed by atoms with Crippen molar-refractivity contribution in [3.63, 3.8) is 0 Å². The largest absolute Gasteiger partial charge is 0.493 e. The maximum Gasteiger partial charge on any atom is 0.254 e. The van der Waals surface area contributed by atoms with Crippen LogP contribution in [0.2, 0.25) is 0 Å². The third kappa shape index (κ3) is 4.22. The number of hydrogen-bond acceptors (Lipinski definition) is 6. The molecule has 1 fully saturated rings. The van der Waals surface area contributed by atoms with Crippen molar-refractivity contribution in [2.75, 3.05) is 26.7 Å². The number of amides is 1. The number of benzene rings is 2. The number of pyridine rings is 1. The molecule has 8 nitrogen and oxygen atoms in total. The van der Waals surface area contributed by atoms with Crippen molar-refractivity contribution in [2.45, 2.75) is 13.0 Å². The Balaban J connectivity index is 1.51. The lowest BCUT2D eigenvalue weighted by atomic mass is 9.87. The van der Waals surface area contributed by atoms with Gasteiger partial charge in [-0.15, -0.1) is 0 Å². The second-order valence-corrected chi connectivity index (χ2v) is 8.68. The number of nitrogens with one attached hydrogen (secondary N) is 2. The van der Waals surface area contributed by atoms with Crippen molar-refractivity contribution in [1.29, 1.82) is 5.26 Å². The predicted octanol–water partition coefficient (Wildman–Crippen LogP) is 3.93. The van der Waals surface area contributed by atoms with Crippen molar-refractivity contribution < 1.29 is 9.53 Å². The Labute approximate surface area is 203 Å². The van der Waals surface area contributed by atoms with E-state index in [-0.39, 0.29) is 17.9 Å². The molecule has 1 atom stereocenters. The van der Waals surface area contributed by atoms with Crippen molar-refractivity contribution >= 4 is 16.8 Å². The van der Waals surface area contributed by atoms with E-state index in [1.54, 1.807) is 29.4 Å². The van der Waals surface area contributed by atoms with Gasteiger partial charge >= 0.3 is 0 Å². The number of ether oxygens (including phenoxy) is 1. The smallest absolute Gasteiger partial charge is 0.254 e. The molecule has 2 aromatic carbocycles. The number of H-pyrrole nitrogens is 1. The molecule has 0 unspecified atom stereocenters. The SMILES string of the molecule is CCOc1cc(C(=O)N(C)[C@@H](c2cncc3cn[nH]c23)C2CNC2)ccc1-c1cccc(C#N)c1. The quantitative estimate of drug-likeness (QED) is 0.427. The summed E-state index contributed by atoms with van der Waals surface area (Å²) in [6.07, 6.45) is 5.34. The molecule has 1 aliphatic heterocycles. The lowest BCUT2D eigenvalue weighted by Gasteiger charge is -2.40. The zero-order chi connectivity index (χ0) is 24.4. The van der Waals surface area contributed by atoms with E-state index in [1.807, 2.05) is 50.5 Å². The van der Waals surface area contributed by atoms with Gasteiger partial charge in [0, 0.05) is 60.5 Å². The van der Waals surface area contributed by atoms with Gasteiger partial charge in [-0.05, 0) is 42.8 Å². The third-order valence-corrected chi connectivity index (χ3v) is 6.53. The molecule has 5 rings (SSSR count). The molecule has 0 bridgehead atoms. The van der Waals surface area contributed by atoms with Gasteiger partial charge in [-0.1, -0.05) is 12.1 Å².